The van der Waals surface area contributed by atoms with Gasteiger partial charge in [-0.2, -0.15) is 0 Å². The highest BCUT2D eigenvalue weighted by atomic mass is 32.1. The lowest BCUT2D eigenvalue weighted by Crippen LogP contribution is -2.38. The van der Waals surface area contributed by atoms with Crippen LogP contribution in [0.15, 0.2) is 0 Å². The zero-order valence-corrected chi connectivity index (χ0v) is 10.6. The number of amides is 1. The van der Waals surface area contributed by atoms with Crippen LogP contribution in [-0.2, 0) is 9.53 Å². The molecule has 5 heteroatoms. The highest BCUT2D eigenvalue weighted by molar-refractivity contribution is 7.80. The molecule has 0 bridgehead atoms. The summed E-state index contributed by atoms with van der Waals surface area (Å²) in [5.74, 6) is 0.0622. The normalized spacial score (nSPS) is 14.8. The molecule has 92 valence electrons. The van der Waals surface area contributed by atoms with Crippen LogP contribution in [0.4, 0.5) is 0 Å². The van der Waals surface area contributed by atoms with E-state index in [0.29, 0.717) is 30.6 Å². The Morgan fingerprint density at radius 3 is 2.75 bits per heavy atom. The standard InChI is InChI=1S/C11H20N2O2S/c1-2-7-15-8-11(14)13(9-3-4-9)6-5-10(12)16/h9H,2-8H2,1H3,(H2,12,16). The average Bonchev–Trinajstić information content (AvgIpc) is 3.02. The number of carbonyl (C=O) groups is 1. The molecule has 0 aromatic heterocycles. The van der Waals surface area contributed by atoms with E-state index in [9.17, 15) is 4.79 Å². The van der Waals surface area contributed by atoms with Crippen molar-refractivity contribution in [1.29, 1.82) is 0 Å². The molecule has 0 atom stereocenters. The van der Waals surface area contributed by atoms with Crippen molar-refractivity contribution in [2.24, 2.45) is 5.73 Å². The Morgan fingerprint density at radius 1 is 1.56 bits per heavy atom. The van der Waals surface area contributed by atoms with Crippen molar-refractivity contribution < 1.29 is 9.53 Å². The van der Waals surface area contributed by atoms with Crippen molar-refractivity contribution in [3.05, 3.63) is 0 Å². The molecule has 0 spiro atoms. The lowest BCUT2D eigenvalue weighted by atomic mass is 10.3. The van der Waals surface area contributed by atoms with E-state index in [4.69, 9.17) is 22.7 Å². The minimum absolute atomic E-state index is 0.0622. The fourth-order valence-corrected chi connectivity index (χ4v) is 1.61. The van der Waals surface area contributed by atoms with Crippen LogP contribution in [-0.4, -0.2) is 41.6 Å². The Hall–Kier alpha value is -0.680. The van der Waals surface area contributed by atoms with E-state index < -0.39 is 0 Å². The summed E-state index contributed by atoms with van der Waals surface area (Å²) in [5.41, 5.74) is 5.45. The molecule has 0 aromatic rings. The number of ether oxygens (including phenoxy) is 1. The van der Waals surface area contributed by atoms with Crippen molar-refractivity contribution in [3.8, 4) is 0 Å². The fraction of sp³-hybridized carbons (Fsp3) is 0.818. The summed E-state index contributed by atoms with van der Waals surface area (Å²) in [6, 6.07) is 0.395. The van der Waals surface area contributed by atoms with Crippen molar-refractivity contribution >= 4 is 23.1 Å². The van der Waals surface area contributed by atoms with E-state index in [1.54, 1.807) is 0 Å². The lowest BCUT2D eigenvalue weighted by molar-refractivity contribution is -0.136. The van der Waals surface area contributed by atoms with Gasteiger partial charge in [-0.15, -0.1) is 0 Å². The summed E-state index contributed by atoms with van der Waals surface area (Å²) in [4.78, 5) is 14.2. The van der Waals surface area contributed by atoms with Gasteiger partial charge in [-0.25, -0.2) is 0 Å². The summed E-state index contributed by atoms with van der Waals surface area (Å²) in [7, 11) is 0. The smallest absolute Gasteiger partial charge is 0.248 e. The van der Waals surface area contributed by atoms with Crippen molar-refractivity contribution in [1.82, 2.24) is 4.90 Å². The van der Waals surface area contributed by atoms with E-state index >= 15 is 0 Å². The van der Waals surface area contributed by atoms with Gasteiger partial charge in [0.2, 0.25) is 5.91 Å². The summed E-state index contributed by atoms with van der Waals surface area (Å²) < 4.78 is 5.26. The predicted molar refractivity (Wildman–Crippen MR) is 67.2 cm³/mol. The van der Waals surface area contributed by atoms with Crippen LogP contribution in [0.3, 0.4) is 0 Å². The van der Waals surface area contributed by atoms with E-state index in [1.807, 2.05) is 11.8 Å². The molecule has 1 saturated carbocycles. The quantitative estimate of drug-likeness (QED) is 0.513. The van der Waals surface area contributed by atoms with Gasteiger partial charge in [0.25, 0.3) is 0 Å². The second kappa shape index (κ2) is 6.81. The number of carbonyl (C=O) groups excluding carboxylic acids is 1. The first kappa shape index (κ1) is 13.4. The van der Waals surface area contributed by atoms with Crippen LogP contribution < -0.4 is 5.73 Å². The third kappa shape index (κ3) is 4.90. The summed E-state index contributed by atoms with van der Waals surface area (Å²) in [5, 5.41) is 0. The molecule has 1 rings (SSSR count). The topological polar surface area (TPSA) is 55.6 Å². The SMILES string of the molecule is CCCOCC(=O)N(CCC(N)=S)C1CC1. The minimum atomic E-state index is 0.0622. The minimum Gasteiger partial charge on any atom is -0.393 e. The van der Waals surface area contributed by atoms with Gasteiger partial charge >= 0.3 is 0 Å². The predicted octanol–water partition coefficient (Wildman–Crippen LogP) is 1.08. The van der Waals surface area contributed by atoms with Crippen LogP contribution in [0, 0.1) is 0 Å². The first-order valence-electron chi connectivity index (χ1n) is 5.80. The monoisotopic (exact) mass is 244 g/mol. The highest BCUT2D eigenvalue weighted by Crippen LogP contribution is 2.27. The summed E-state index contributed by atoms with van der Waals surface area (Å²) in [6.45, 7) is 3.48. The zero-order chi connectivity index (χ0) is 12.0. The van der Waals surface area contributed by atoms with E-state index in [2.05, 4.69) is 0 Å². The molecule has 0 saturated heterocycles. The molecule has 1 aliphatic rings. The van der Waals surface area contributed by atoms with Gasteiger partial charge in [0.05, 0.1) is 4.99 Å². The maximum atomic E-state index is 11.8. The van der Waals surface area contributed by atoms with Gasteiger partial charge in [-0.1, -0.05) is 19.1 Å². The molecule has 1 aliphatic carbocycles. The van der Waals surface area contributed by atoms with Gasteiger partial charge in [-0.3, -0.25) is 4.79 Å². The number of rotatable bonds is 8. The molecule has 0 aliphatic heterocycles. The lowest BCUT2D eigenvalue weighted by Gasteiger charge is -2.22. The van der Waals surface area contributed by atoms with E-state index in [0.717, 1.165) is 19.3 Å². The van der Waals surface area contributed by atoms with Crippen molar-refractivity contribution in [3.63, 3.8) is 0 Å². The third-order valence-electron chi connectivity index (χ3n) is 2.48. The molecule has 2 N–H and O–H groups in total. The maximum Gasteiger partial charge on any atom is 0.248 e. The molecular formula is C11H20N2O2S. The van der Waals surface area contributed by atoms with Crippen molar-refractivity contribution in [2.45, 2.75) is 38.6 Å². The van der Waals surface area contributed by atoms with Gasteiger partial charge in [0.15, 0.2) is 0 Å². The highest BCUT2D eigenvalue weighted by Gasteiger charge is 2.32. The Morgan fingerprint density at radius 2 is 2.25 bits per heavy atom. The first-order valence-corrected chi connectivity index (χ1v) is 6.21. The second-order valence-electron chi connectivity index (χ2n) is 4.09. The molecule has 1 fully saturated rings. The van der Waals surface area contributed by atoms with Crippen LogP contribution >= 0.6 is 12.2 Å². The molecule has 0 heterocycles. The molecule has 0 radical (unpaired) electrons. The summed E-state index contributed by atoms with van der Waals surface area (Å²) in [6.07, 6.45) is 3.72. The number of thiocarbonyl (C=S) groups is 1. The number of nitrogens with zero attached hydrogens (tertiary/aromatic N) is 1. The maximum absolute atomic E-state index is 11.8. The van der Waals surface area contributed by atoms with E-state index in [-0.39, 0.29) is 12.5 Å². The fourth-order valence-electron chi connectivity index (χ4n) is 1.51. The largest absolute Gasteiger partial charge is 0.393 e. The Labute approximate surface area is 102 Å². The molecule has 4 nitrogen and oxygen atoms in total. The number of hydrogen-bond acceptors (Lipinski definition) is 3. The Bertz CT molecular complexity index is 254. The first-order chi connectivity index (χ1) is 7.65. The van der Waals surface area contributed by atoms with Gasteiger partial charge in [-0.05, 0) is 19.3 Å². The third-order valence-corrected chi connectivity index (χ3v) is 2.69. The van der Waals surface area contributed by atoms with Crippen LogP contribution in [0.2, 0.25) is 0 Å². The Kier molecular flexibility index (Phi) is 5.69. The number of hydrogen-bond donors (Lipinski definition) is 1. The molecule has 1 amide bonds. The Balaban J connectivity index is 2.30. The van der Waals surface area contributed by atoms with Gasteiger partial charge in [0, 0.05) is 25.6 Å². The van der Waals surface area contributed by atoms with Crippen molar-refractivity contribution in [2.75, 3.05) is 19.8 Å². The molecule has 0 unspecified atom stereocenters. The van der Waals surface area contributed by atoms with Crippen LogP contribution in [0.25, 0.3) is 0 Å². The molecule has 0 aromatic carbocycles. The zero-order valence-electron chi connectivity index (χ0n) is 9.78. The molecular weight excluding hydrogens is 224 g/mol. The van der Waals surface area contributed by atoms with Crippen LogP contribution in [0.5, 0.6) is 0 Å². The second-order valence-corrected chi connectivity index (χ2v) is 4.61. The van der Waals surface area contributed by atoms with Gasteiger partial charge in [0.1, 0.15) is 6.61 Å². The average molecular weight is 244 g/mol. The summed E-state index contributed by atoms with van der Waals surface area (Å²) >= 11 is 4.82. The number of nitrogens with two attached hydrogens (primary N) is 1. The molecule has 16 heavy (non-hydrogen) atoms. The van der Waals surface area contributed by atoms with Crippen LogP contribution in [0.1, 0.15) is 32.6 Å². The van der Waals surface area contributed by atoms with Gasteiger partial charge < -0.3 is 15.4 Å². The van der Waals surface area contributed by atoms with E-state index in [1.165, 1.54) is 0 Å².